The number of amides is 1. The SMILES string of the molecule is CC(=O)N(CC1CN(Cc2ccccc2)CC1c1ccccc1)C1CCCCC1. The van der Waals surface area contributed by atoms with E-state index in [1.165, 1.54) is 43.2 Å². The van der Waals surface area contributed by atoms with Crippen LogP contribution >= 0.6 is 0 Å². The molecule has 1 heterocycles. The van der Waals surface area contributed by atoms with Gasteiger partial charge in [-0.25, -0.2) is 0 Å². The third kappa shape index (κ3) is 5.08. The average Bonchev–Trinajstić information content (AvgIpc) is 3.16. The molecule has 1 aliphatic carbocycles. The summed E-state index contributed by atoms with van der Waals surface area (Å²) in [5, 5.41) is 0. The molecule has 2 aliphatic rings. The van der Waals surface area contributed by atoms with Gasteiger partial charge in [-0.2, -0.15) is 0 Å². The predicted molar refractivity (Wildman–Crippen MR) is 119 cm³/mol. The van der Waals surface area contributed by atoms with Crippen molar-refractivity contribution in [3.8, 4) is 0 Å². The van der Waals surface area contributed by atoms with Crippen molar-refractivity contribution in [2.45, 2.75) is 57.5 Å². The lowest BCUT2D eigenvalue weighted by molar-refractivity contribution is -0.132. The molecule has 154 valence electrons. The number of benzene rings is 2. The Morgan fingerprint density at radius 1 is 0.931 bits per heavy atom. The fourth-order valence-electron chi connectivity index (χ4n) is 5.37. The third-order valence-corrected chi connectivity index (χ3v) is 6.84. The van der Waals surface area contributed by atoms with Crippen molar-refractivity contribution in [2.75, 3.05) is 19.6 Å². The highest BCUT2D eigenvalue weighted by molar-refractivity contribution is 5.73. The minimum atomic E-state index is 0.255. The van der Waals surface area contributed by atoms with Crippen molar-refractivity contribution < 1.29 is 4.79 Å². The van der Waals surface area contributed by atoms with E-state index in [1.807, 2.05) is 0 Å². The van der Waals surface area contributed by atoms with E-state index in [0.717, 1.165) is 26.2 Å². The first-order valence-corrected chi connectivity index (χ1v) is 11.3. The van der Waals surface area contributed by atoms with Gasteiger partial charge in [0.2, 0.25) is 5.91 Å². The molecule has 4 rings (SSSR count). The van der Waals surface area contributed by atoms with Crippen LogP contribution < -0.4 is 0 Å². The van der Waals surface area contributed by atoms with E-state index >= 15 is 0 Å². The molecule has 3 heteroatoms. The summed E-state index contributed by atoms with van der Waals surface area (Å²) >= 11 is 0. The molecule has 0 bridgehead atoms. The second-order valence-corrected chi connectivity index (χ2v) is 8.92. The molecule has 0 spiro atoms. The molecular weight excluding hydrogens is 356 g/mol. The van der Waals surface area contributed by atoms with Gasteiger partial charge in [-0.3, -0.25) is 9.69 Å². The minimum Gasteiger partial charge on any atom is -0.340 e. The van der Waals surface area contributed by atoms with Gasteiger partial charge in [-0.1, -0.05) is 79.9 Å². The van der Waals surface area contributed by atoms with Crippen LogP contribution in [0.2, 0.25) is 0 Å². The summed E-state index contributed by atoms with van der Waals surface area (Å²) in [5.74, 6) is 1.24. The van der Waals surface area contributed by atoms with Gasteiger partial charge in [0, 0.05) is 45.1 Å². The number of hydrogen-bond acceptors (Lipinski definition) is 2. The minimum absolute atomic E-state index is 0.255. The summed E-state index contributed by atoms with van der Waals surface area (Å²) in [6, 6.07) is 22.1. The zero-order valence-corrected chi connectivity index (χ0v) is 17.7. The van der Waals surface area contributed by atoms with Crippen molar-refractivity contribution >= 4 is 5.91 Å². The fraction of sp³-hybridized carbons (Fsp3) is 0.500. The first kappa shape index (κ1) is 20.2. The predicted octanol–water partition coefficient (Wildman–Crippen LogP) is 5.08. The van der Waals surface area contributed by atoms with E-state index in [0.29, 0.717) is 17.9 Å². The molecule has 1 aliphatic heterocycles. The molecule has 1 amide bonds. The van der Waals surface area contributed by atoms with Gasteiger partial charge < -0.3 is 4.90 Å². The van der Waals surface area contributed by atoms with Crippen LogP contribution in [0.4, 0.5) is 0 Å². The summed E-state index contributed by atoms with van der Waals surface area (Å²) < 4.78 is 0. The number of likely N-dealkylation sites (tertiary alicyclic amines) is 1. The topological polar surface area (TPSA) is 23.6 Å². The number of rotatable bonds is 6. The molecule has 2 unspecified atom stereocenters. The molecule has 1 saturated heterocycles. The molecule has 2 fully saturated rings. The molecule has 0 N–H and O–H groups in total. The lowest BCUT2D eigenvalue weighted by Gasteiger charge is -2.36. The van der Waals surface area contributed by atoms with Gasteiger partial charge in [0.05, 0.1) is 0 Å². The summed E-state index contributed by atoms with van der Waals surface area (Å²) in [5.41, 5.74) is 2.79. The van der Waals surface area contributed by atoms with Crippen LogP contribution in [-0.2, 0) is 11.3 Å². The molecule has 2 atom stereocenters. The van der Waals surface area contributed by atoms with Crippen LogP contribution in [0.1, 0.15) is 56.1 Å². The van der Waals surface area contributed by atoms with Crippen LogP contribution in [0.25, 0.3) is 0 Å². The summed E-state index contributed by atoms with van der Waals surface area (Å²) in [6.45, 7) is 5.78. The summed E-state index contributed by atoms with van der Waals surface area (Å²) in [4.78, 5) is 17.4. The maximum absolute atomic E-state index is 12.6. The highest BCUT2D eigenvalue weighted by Gasteiger charge is 2.36. The third-order valence-electron chi connectivity index (χ3n) is 6.84. The molecule has 3 nitrogen and oxygen atoms in total. The standard InChI is InChI=1S/C26H34N2O/c1-21(29)28(25-15-9-4-10-16-25)19-24-18-27(17-22-11-5-2-6-12-22)20-26(24)23-13-7-3-8-14-23/h2-3,5-8,11-14,24-26H,4,9-10,15-20H2,1H3. The quantitative estimate of drug-likeness (QED) is 0.686. The van der Waals surface area contributed by atoms with E-state index in [2.05, 4.69) is 70.5 Å². The summed E-state index contributed by atoms with van der Waals surface area (Å²) in [7, 11) is 0. The van der Waals surface area contributed by atoms with Crippen molar-refractivity contribution in [2.24, 2.45) is 5.92 Å². The first-order chi connectivity index (χ1) is 14.2. The van der Waals surface area contributed by atoms with E-state index in [-0.39, 0.29) is 5.91 Å². The average molecular weight is 391 g/mol. The first-order valence-electron chi connectivity index (χ1n) is 11.3. The maximum Gasteiger partial charge on any atom is 0.219 e. The van der Waals surface area contributed by atoms with Crippen LogP contribution in [0.3, 0.4) is 0 Å². The van der Waals surface area contributed by atoms with Gasteiger partial charge in [0.1, 0.15) is 0 Å². The van der Waals surface area contributed by atoms with E-state index in [1.54, 1.807) is 6.92 Å². The van der Waals surface area contributed by atoms with Crippen LogP contribution in [0, 0.1) is 5.92 Å². The van der Waals surface area contributed by atoms with Crippen LogP contribution in [0.5, 0.6) is 0 Å². The highest BCUT2D eigenvalue weighted by Crippen LogP contribution is 2.35. The Balaban J connectivity index is 1.52. The van der Waals surface area contributed by atoms with E-state index in [4.69, 9.17) is 0 Å². The van der Waals surface area contributed by atoms with Gasteiger partial charge in [0.25, 0.3) is 0 Å². The lowest BCUT2D eigenvalue weighted by Crippen LogP contribution is -2.44. The van der Waals surface area contributed by atoms with Crippen molar-refractivity contribution in [1.82, 2.24) is 9.80 Å². The Hall–Kier alpha value is -2.13. The lowest BCUT2D eigenvalue weighted by atomic mass is 9.87. The Labute approximate surface area is 175 Å². The normalized spacial score (nSPS) is 23.2. The number of carbonyl (C=O) groups excluding carboxylic acids is 1. The molecular formula is C26H34N2O. The van der Waals surface area contributed by atoms with Gasteiger partial charge in [-0.15, -0.1) is 0 Å². The largest absolute Gasteiger partial charge is 0.340 e. The zero-order valence-electron chi connectivity index (χ0n) is 17.7. The highest BCUT2D eigenvalue weighted by atomic mass is 16.2. The number of hydrogen-bond donors (Lipinski definition) is 0. The molecule has 1 saturated carbocycles. The molecule has 0 radical (unpaired) electrons. The summed E-state index contributed by atoms with van der Waals surface area (Å²) in [6.07, 6.45) is 6.21. The Bertz CT molecular complexity index is 770. The maximum atomic E-state index is 12.6. The van der Waals surface area contributed by atoms with Crippen LogP contribution in [-0.4, -0.2) is 41.4 Å². The Morgan fingerprint density at radius 3 is 2.24 bits per heavy atom. The fourth-order valence-corrected chi connectivity index (χ4v) is 5.37. The van der Waals surface area contributed by atoms with Crippen LogP contribution in [0.15, 0.2) is 60.7 Å². The Morgan fingerprint density at radius 2 is 1.59 bits per heavy atom. The monoisotopic (exact) mass is 390 g/mol. The van der Waals surface area contributed by atoms with Gasteiger partial charge in [0.15, 0.2) is 0 Å². The molecule has 2 aromatic carbocycles. The molecule has 0 aromatic heterocycles. The Kier molecular flexibility index (Phi) is 6.66. The zero-order chi connectivity index (χ0) is 20.1. The van der Waals surface area contributed by atoms with Gasteiger partial charge >= 0.3 is 0 Å². The van der Waals surface area contributed by atoms with Crippen molar-refractivity contribution in [1.29, 1.82) is 0 Å². The van der Waals surface area contributed by atoms with Crippen molar-refractivity contribution in [3.05, 3.63) is 71.8 Å². The second kappa shape index (κ2) is 9.58. The number of carbonyl (C=O) groups is 1. The van der Waals surface area contributed by atoms with Gasteiger partial charge in [-0.05, 0) is 29.9 Å². The second-order valence-electron chi connectivity index (χ2n) is 8.92. The van der Waals surface area contributed by atoms with Crippen molar-refractivity contribution in [3.63, 3.8) is 0 Å². The molecule has 29 heavy (non-hydrogen) atoms. The number of nitrogens with zero attached hydrogens (tertiary/aromatic N) is 2. The van der Waals surface area contributed by atoms with E-state index in [9.17, 15) is 4.79 Å². The van der Waals surface area contributed by atoms with E-state index < -0.39 is 0 Å². The molecule has 2 aromatic rings. The smallest absolute Gasteiger partial charge is 0.219 e.